The largest absolute Gasteiger partial charge is 0.446 e. The molecule has 16 heavy (non-hydrogen) atoms. The molecule has 0 saturated carbocycles. The van der Waals surface area contributed by atoms with Crippen LogP contribution in [0.5, 0.6) is 0 Å². The highest BCUT2D eigenvalue weighted by Crippen LogP contribution is 2.73. The average molecular weight is 283 g/mol. The molecular formula is C5H6F9NS. The number of hydrogen-bond donors (Lipinski definition) is 0. The van der Waals surface area contributed by atoms with Gasteiger partial charge in [0.1, 0.15) is 0 Å². The summed E-state index contributed by atoms with van der Waals surface area (Å²) < 4.78 is 109. The minimum absolute atomic E-state index is 0.237. The molecule has 0 aliphatic rings. The molecule has 0 saturated heterocycles. The van der Waals surface area contributed by atoms with E-state index in [1.165, 1.54) is 0 Å². The predicted molar refractivity (Wildman–Crippen MR) is 39.4 cm³/mol. The van der Waals surface area contributed by atoms with Crippen LogP contribution >= 0.6 is 11.0 Å². The molecule has 0 aromatic carbocycles. The first kappa shape index (κ1) is 15.7. The molecule has 0 aromatic rings. The third kappa shape index (κ3) is 2.06. The van der Waals surface area contributed by atoms with Crippen LogP contribution in [0, 0.1) is 0 Å². The zero-order chi connectivity index (χ0) is 13.6. The summed E-state index contributed by atoms with van der Waals surface area (Å²) in [7, 11) is -6.26. The zero-order valence-corrected chi connectivity index (χ0v) is 8.57. The Labute approximate surface area is 86.2 Å². The lowest BCUT2D eigenvalue weighted by atomic mass is 10.3. The van der Waals surface area contributed by atoms with Gasteiger partial charge in [-0.15, -0.1) is 7.77 Å². The van der Waals surface area contributed by atoms with Crippen LogP contribution in [0.2, 0.25) is 0 Å². The van der Waals surface area contributed by atoms with E-state index in [0.717, 1.165) is 0 Å². The summed E-state index contributed by atoms with van der Waals surface area (Å²) >= 11 is 0. The van der Waals surface area contributed by atoms with E-state index < -0.39 is 32.6 Å². The van der Waals surface area contributed by atoms with E-state index in [2.05, 4.69) is 0 Å². The van der Waals surface area contributed by atoms with Crippen molar-refractivity contribution in [2.75, 3.05) is 14.1 Å². The molecule has 0 aliphatic heterocycles. The van der Waals surface area contributed by atoms with Crippen molar-refractivity contribution in [1.29, 1.82) is 0 Å². The van der Waals surface area contributed by atoms with Gasteiger partial charge in [-0.2, -0.15) is 26.3 Å². The van der Waals surface area contributed by atoms with E-state index in [4.69, 9.17) is 0 Å². The standard InChI is InChI=1S/C5H6F9NS/c1-15(2)16(13,14)3(6,4(7,8)9)5(10,11)12/h1-2H3. The Morgan fingerprint density at radius 3 is 1.06 bits per heavy atom. The number of nitrogens with zero attached hydrogens (tertiary/aromatic N) is 1. The van der Waals surface area contributed by atoms with Crippen molar-refractivity contribution in [3.05, 3.63) is 0 Å². The third-order valence-corrected chi connectivity index (χ3v) is 3.58. The maximum Gasteiger partial charge on any atom is 0.446 e. The quantitative estimate of drug-likeness (QED) is 0.696. The van der Waals surface area contributed by atoms with Crippen molar-refractivity contribution < 1.29 is 38.5 Å². The molecule has 0 fully saturated rings. The summed E-state index contributed by atoms with van der Waals surface area (Å²) in [4.78, 5) is 0. The molecule has 1 nitrogen and oxygen atoms in total. The number of halogens is 9. The third-order valence-electron chi connectivity index (χ3n) is 1.53. The first-order valence-electron chi connectivity index (χ1n) is 3.41. The number of rotatable bonds is 2. The summed E-state index contributed by atoms with van der Waals surface area (Å²) in [5, 5.41) is -6.53. The first-order valence-corrected chi connectivity index (χ1v) is 4.80. The van der Waals surface area contributed by atoms with Crippen LogP contribution in [-0.2, 0) is 0 Å². The van der Waals surface area contributed by atoms with E-state index >= 15 is 0 Å². The SMILES string of the molecule is CN(C)S(F)(F)C(F)(C(F)(F)F)C(F)(F)F. The van der Waals surface area contributed by atoms with Gasteiger partial charge in [0.15, 0.2) is 11.0 Å². The van der Waals surface area contributed by atoms with Crippen molar-refractivity contribution in [3.8, 4) is 0 Å². The van der Waals surface area contributed by atoms with Crippen LogP contribution in [0.1, 0.15) is 0 Å². The van der Waals surface area contributed by atoms with E-state index in [-0.39, 0.29) is 14.1 Å². The maximum absolute atomic E-state index is 12.8. The van der Waals surface area contributed by atoms with Crippen LogP contribution in [-0.4, -0.2) is 35.8 Å². The van der Waals surface area contributed by atoms with Gasteiger partial charge in [-0.25, -0.2) is 8.70 Å². The fraction of sp³-hybridized carbons (Fsp3) is 1.00. The van der Waals surface area contributed by atoms with Gasteiger partial charge in [0.05, 0.1) is 0 Å². The Balaban J connectivity index is 5.81. The predicted octanol–water partition coefficient (Wildman–Crippen LogP) is 3.83. The smallest absolute Gasteiger partial charge is 0.222 e. The molecular weight excluding hydrogens is 277 g/mol. The molecule has 0 spiro atoms. The minimum Gasteiger partial charge on any atom is -0.222 e. The molecule has 0 bridgehead atoms. The van der Waals surface area contributed by atoms with Gasteiger partial charge in [0.2, 0.25) is 0 Å². The minimum atomic E-state index is -6.74. The zero-order valence-electron chi connectivity index (χ0n) is 7.76. The second-order valence-electron chi connectivity index (χ2n) is 2.85. The van der Waals surface area contributed by atoms with Crippen LogP contribution in [0.15, 0.2) is 0 Å². The molecule has 0 rings (SSSR count). The molecule has 0 amide bonds. The summed E-state index contributed by atoms with van der Waals surface area (Å²) in [5.41, 5.74) is 0. The lowest BCUT2D eigenvalue weighted by Gasteiger charge is -2.41. The van der Waals surface area contributed by atoms with Gasteiger partial charge in [0.25, 0.3) is 0 Å². The lowest BCUT2D eigenvalue weighted by molar-refractivity contribution is -0.307. The molecule has 0 radical (unpaired) electrons. The highest BCUT2D eigenvalue weighted by atomic mass is 32.3. The van der Waals surface area contributed by atoms with Crippen molar-refractivity contribution in [1.82, 2.24) is 4.31 Å². The van der Waals surface area contributed by atoms with E-state index in [0.29, 0.717) is 0 Å². The first-order chi connectivity index (χ1) is 6.69. The highest BCUT2D eigenvalue weighted by Gasteiger charge is 2.83. The number of hydrogen-bond acceptors (Lipinski definition) is 1. The molecule has 0 unspecified atom stereocenters. The fourth-order valence-electron chi connectivity index (χ4n) is 0.691. The van der Waals surface area contributed by atoms with Gasteiger partial charge in [0, 0.05) is 14.1 Å². The van der Waals surface area contributed by atoms with E-state index in [1.54, 1.807) is 0 Å². The molecule has 0 atom stereocenters. The Bertz CT molecular complexity index is 240. The monoisotopic (exact) mass is 283 g/mol. The van der Waals surface area contributed by atoms with Crippen LogP contribution < -0.4 is 0 Å². The van der Waals surface area contributed by atoms with E-state index in [1.807, 2.05) is 0 Å². The Kier molecular flexibility index (Phi) is 3.78. The molecule has 0 N–H and O–H groups in total. The Morgan fingerprint density at radius 1 is 0.750 bits per heavy atom. The second kappa shape index (κ2) is 3.86. The molecule has 0 aromatic heterocycles. The summed E-state index contributed by atoms with van der Waals surface area (Å²) in [6, 6.07) is 0. The van der Waals surface area contributed by atoms with Crippen molar-refractivity contribution in [2.24, 2.45) is 0 Å². The average Bonchev–Trinajstić information content (AvgIpc) is 1.97. The molecule has 11 heteroatoms. The second-order valence-corrected chi connectivity index (χ2v) is 5.02. The van der Waals surface area contributed by atoms with Crippen molar-refractivity contribution in [3.63, 3.8) is 0 Å². The van der Waals surface area contributed by atoms with E-state index in [9.17, 15) is 38.5 Å². The lowest BCUT2D eigenvalue weighted by Crippen LogP contribution is -2.56. The normalized spacial score (nSPS) is 16.8. The van der Waals surface area contributed by atoms with Gasteiger partial charge in [-0.3, -0.25) is 0 Å². The highest BCUT2D eigenvalue weighted by molar-refractivity contribution is 8.24. The Morgan fingerprint density at radius 2 is 1.00 bits per heavy atom. The number of alkyl halides is 7. The van der Waals surface area contributed by atoms with Crippen LogP contribution in [0.25, 0.3) is 0 Å². The fourth-order valence-corrected chi connectivity index (χ4v) is 1.75. The molecule has 0 heterocycles. The van der Waals surface area contributed by atoms with Gasteiger partial charge >= 0.3 is 17.4 Å². The van der Waals surface area contributed by atoms with Crippen molar-refractivity contribution in [2.45, 2.75) is 17.4 Å². The summed E-state index contributed by atoms with van der Waals surface area (Å²) in [5.74, 6) is 0. The van der Waals surface area contributed by atoms with Crippen molar-refractivity contribution >= 4 is 11.0 Å². The van der Waals surface area contributed by atoms with Crippen LogP contribution in [0.3, 0.4) is 0 Å². The van der Waals surface area contributed by atoms with Gasteiger partial charge in [-0.05, 0) is 0 Å². The van der Waals surface area contributed by atoms with Gasteiger partial charge < -0.3 is 0 Å². The molecule has 0 aliphatic carbocycles. The topological polar surface area (TPSA) is 3.24 Å². The Hall–Kier alpha value is -0.320. The summed E-state index contributed by atoms with van der Waals surface area (Å²) in [6.07, 6.45) is -13.5. The van der Waals surface area contributed by atoms with Gasteiger partial charge in [-0.1, -0.05) is 0 Å². The molecule has 100 valence electrons. The van der Waals surface area contributed by atoms with Crippen LogP contribution in [0.4, 0.5) is 38.5 Å². The maximum atomic E-state index is 12.8. The summed E-state index contributed by atoms with van der Waals surface area (Å²) in [6.45, 7) is 0.